The van der Waals surface area contributed by atoms with Gasteiger partial charge in [0.15, 0.2) is 12.4 Å². The number of aryl methyl sites for hydroxylation is 1. The fourth-order valence-corrected chi connectivity index (χ4v) is 6.20. The molecule has 206 valence electrons. The number of aliphatic hydroxyl groups excluding tert-OH is 1. The summed E-state index contributed by atoms with van der Waals surface area (Å²) in [6.45, 7) is 0.399. The van der Waals surface area contributed by atoms with Gasteiger partial charge in [0.2, 0.25) is 11.7 Å². The van der Waals surface area contributed by atoms with Gasteiger partial charge in [0, 0.05) is 31.2 Å². The second-order valence-corrected chi connectivity index (χ2v) is 11.9. The van der Waals surface area contributed by atoms with Gasteiger partial charge in [0.05, 0.1) is 29.5 Å². The first-order valence-corrected chi connectivity index (χ1v) is 13.7. The van der Waals surface area contributed by atoms with Gasteiger partial charge >= 0.3 is 5.92 Å². The number of piperidine rings is 1. The maximum Gasteiger partial charge on any atom is 0.301 e. The SMILES string of the molecule is Cn1c(=O)c2c(c3cc(Nc4nc(N5CC(O)CC6(CC6)C5)ncc4Cl)ccc31)NC(C1CC1)C(F)(F)CO2. The lowest BCUT2D eigenvalue weighted by Crippen LogP contribution is -2.45. The summed E-state index contributed by atoms with van der Waals surface area (Å²) in [6, 6.07) is 4.20. The van der Waals surface area contributed by atoms with Crippen molar-refractivity contribution in [1.29, 1.82) is 0 Å². The summed E-state index contributed by atoms with van der Waals surface area (Å²) >= 11 is 6.46. The summed E-state index contributed by atoms with van der Waals surface area (Å²) in [5.74, 6) is -2.53. The quantitative estimate of drug-likeness (QED) is 0.435. The Morgan fingerprint density at radius 2 is 2.08 bits per heavy atom. The zero-order valence-corrected chi connectivity index (χ0v) is 22.1. The number of hydrogen-bond acceptors (Lipinski definition) is 8. The van der Waals surface area contributed by atoms with Gasteiger partial charge in [-0.05, 0) is 61.6 Å². The van der Waals surface area contributed by atoms with Gasteiger partial charge < -0.3 is 29.9 Å². The van der Waals surface area contributed by atoms with Crippen molar-refractivity contribution in [1.82, 2.24) is 14.5 Å². The number of β-amino-alcohol motifs (C(OH)–C–C–N with tert-alkyl or cyclic N) is 1. The minimum Gasteiger partial charge on any atom is -0.480 e. The maximum absolute atomic E-state index is 14.9. The molecule has 0 bridgehead atoms. The van der Waals surface area contributed by atoms with Crippen molar-refractivity contribution in [2.75, 3.05) is 35.2 Å². The largest absolute Gasteiger partial charge is 0.480 e. The van der Waals surface area contributed by atoms with Crippen LogP contribution in [-0.2, 0) is 7.05 Å². The molecular formula is C27H29ClF2N6O3. The summed E-state index contributed by atoms with van der Waals surface area (Å²) < 4.78 is 36.7. The molecule has 9 nitrogen and oxygen atoms in total. The molecule has 1 spiro atoms. The van der Waals surface area contributed by atoms with E-state index < -0.39 is 30.2 Å². The molecule has 39 heavy (non-hydrogen) atoms. The molecule has 0 amide bonds. The lowest BCUT2D eigenvalue weighted by molar-refractivity contribution is -0.0579. The smallest absolute Gasteiger partial charge is 0.301 e. The van der Waals surface area contributed by atoms with Gasteiger partial charge in [0.1, 0.15) is 5.02 Å². The van der Waals surface area contributed by atoms with Crippen molar-refractivity contribution in [2.45, 2.75) is 50.2 Å². The van der Waals surface area contributed by atoms with E-state index in [9.17, 15) is 18.7 Å². The molecule has 12 heteroatoms. The molecule has 0 radical (unpaired) electrons. The van der Waals surface area contributed by atoms with Crippen LogP contribution in [0.25, 0.3) is 10.9 Å². The first-order chi connectivity index (χ1) is 18.6. The molecule has 2 aliphatic heterocycles. The predicted molar refractivity (Wildman–Crippen MR) is 145 cm³/mol. The number of aliphatic hydroxyl groups is 1. The number of pyridine rings is 1. The van der Waals surface area contributed by atoms with Gasteiger partial charge in [-0.1, -0.05) is 11.6 Å². The van der Waals surface area contributed by atoms with Crippen molar-refractivity contribution in [3.63, 3.8) is 0 Å². The Kier molecular flexibility index (Phi) is 5.51. The molecule has 3 aromatic rings. The van der Waals surface area contributed by atoms with Crippen molar-refractivity contribution < 1.29 is 18.6 Å². The summed E-state index contributed by atoms with van der Waals surface area (Å²) in [5, 5.41) is 17.5. The molecular weight excluding hydrogens is 530 g/mol. The number of ether oxygens (including phenoxy) is 1. The topological polar surface area (TPSA) is 105 Å². The van der Waals surface area contributed by atoms with Crippen LogP contribution in [0.1, 0.15) is 32.1 Å². The molecule has 1 saturated heterocycles. The van der Waals surface area contributed by atoms with Crippen LogP contribution in [0.15, 0.2) is 29.2 Å². The molecule has 4 heterocycles. The van der Waals surface area contributed by atoms with Crippen molar-refractivity contribution in [3.8, 4) is 5.75 Å². The number of alkyl halides is 2. The minimum absolute atomic E-state index is 0.106. The van der Waals surface area contributed by atoms with Crippen LogP contribution in [0.2, 0.25) is 5.02 Å². The number of anilines is 4. The van der Waals surface area contributed by atoms with Crippen LogP contribution in [0, 0.1) is 11.3 Å². The highest BCUT2D eigenvalue weighted by molar-refractivity contribution is 6.33. The fourth-order valence-electron chi connectivity index (χ4n) is 6.06. The standard InChI is InChI=1S/C27H29ClF2N6O3/c1-35-19-5-4-15(8-17(19)20-21(24(35)38)39-13-27(29,30)22(33-20)14-2-3-14)32-23-18(28)10-31-25(34-23)36-11-16(37)9-26(12-36)6-7-26/h4-5,8,10,14,16,22,33,37H,2-3,6-7,9,11-13H2,1H3,(H,31,32,34). The average Bonchev–Trinajstić information content (AvgIpc) is 3.83. The molecule has 3 N–H and O–H groups in total. The minimum atomic E-state index is -3.11. The van der Waals surface area contributed by atoms with E-state index in [0.29, 0.717) is 52.8 Å². The molecule has 2 atom stereocenters. The second-order valence-electron chi connectivity index (χ2n) is 11.5. The van der Waals surface area contributed by atoms with Gasteiger partial charge in [-0.3, -0.25) is 4.79 Å². The van der Waals surface area contributed by atoms with Crippen LogP contribution >= 0.6 is 11.6 Å². The molecule has 7 rings (SSSR count). The Morgan fingerprint density at radius 3 is 2.82 bits per heavy atom. The first kappa shape index (κ1) is 24.8. The normalized spacial score (nSPS) is 25.0. The number of fused-ring (bicyclic) bond motifs is 3. The highest BCUT2D eigenvalue weighted by Crippen LogP contribution is 2.52. The number of aromatic nitrogens is 3. The van der Waals surface area contributed by atoms with E-state index in [1.165, 1.54) is 10.8 Å². The van der Waals surface area contributed by atoms with Crippen LogP contribution in [0.3, 0.4) is 0 Å². The van der Waals surface area contributed by atoms with E-state index in [1.807, 2.05) is 4.90 Å². The van der Waals surface area contributed by atoms with E-state index in [1.54, 1.807) is 25.2 Å². The van der Waals surface area contributed by atoms with Crippen molar-refractivity contribution >= 4 is 45.6 Å². The third kappa shape index (κ3) is 4.35. The Balaban J connectivity index is 1.25. The number of benzene rings is 1. The molecule has 2 aliphatic carbocycles. The summed E-state index contributed by atoms with van der Waals surface area (Å²) in [5.41, 5.74) is 1.13. The maximum atomic E-state index is 14.9. The van der Waals surface area contributed by atoms with Crippen LogP contribution in [-0.4, -0.2) is 57.4 Å². The van der Waals surface area contributed by atoms with E-state index in [-0.39, 0.29) is 22.8 Å². The van der Waals surface area contributed by atoms with Gasteiger partial charge in [-0.2, -0.15) is 4.98 Å². The fraction of sp³-hybridized carbons (Fsp3) is 0.519. The number of nitrogens with one attached hydrogen (secondary N) is 2. The number of hydrogen-bond donors (Lipinski definition) is 3. The van der Waals surface area contributed by atoms with E-state index >= 15 is 0 Å². The Hall–Kier alpha value is -3.18. The van der Waals surface area contributed by atoms with E-state index in [2.05, 4.69) is 20.6 Å². The Bertz CT molecular complexity index is 1540. The highest BCUT2D eigenvalue weighted by Gasteiger charge is 2.51. The second kappa shape index (κ2) is 8.66. The van der Waals surface area contributed by atoms with Gasteiger partial charge in [-0.15, -0.1) is 0 Å². The zero-order valence-electron chi connectivity index (χ0n) is 21.4. The number of nitrogens with zero attached hydrogens (tertiary/aromatic N) is 4. The molecule has 2 saturated carbocycles. The predicted octanol–water partition coefficient (Wildman–Crippen LogP) is 4.29. The average molecular weight is 559 g/mol. The summed E-state index contributed by atoms with van der Waals surface area (Å²) in [4.78, 5) is 24.1. The van der Waals surface area contributed by atoms with Gasteiger partial charge in [0.25, 0.3) is 5.56 Å². The number of halogens is 3. The monoisotopic (exact) mass is 558 g/mol. The van der Waals surface area contributed by atoms with E-state index in [4.69, 9.17) is 16.3 Å². The van der Waals surface area contributed by atoms with Gasteiger partial charge in [-0.25, -0.2) is 13.8 Å². The first-order valence-electron chi connectivity index (χ1n) is 13.3. The molecule has 3 fully saturated rings. The Morgan fingerprint density at radius 1 is 1.28 bits per heavy atom. The lowest BCUT2D eigenvalue weighted by atomic mass is 9.93. The van der Waals surface area contributed by atoms with Crippen molar-refractivity contribution in [3.05, 3.63) is 39.8 Å². The van der Waals surface area contributed by atoms with Crippen LogP contribution < -0.4 is 25.8 Å². The summed E-state index contributed by atoms with van der Waals surface area (Å²) in [6.07, 6.45) is 5.51. The van der Waals surface area contributed by atoms with Crippen LogP contribution in [0.4, 0.5) is 31.9 Å². The molecule has 1 aromatic carbocycles. The third-order valence-corrected chi connectivity index (χ3v) is 8.75. The molecule has 4 aliphatic rings. The molecule has 2 aromatic heterocycles. The highest BCUT2D eigenvalue weighted by atomic mass is 35.5. The van der Waals surface area contributed by atoms with Crippen molar-refractivity contribution in [2.24, 2.45) is 18.4 Å². The third-order valence-electron chi connectivity index (χ3n) is 8.47. The van der Waals surface area contributed by atoms with E-state index in [0.717, 1.165) is 25.8 Å². The Labute approximate surface area is 228 Å². The summed E-state index contributed by atoms with van der Waals surface area (Å²) in [7, 11) is 1.59. The zero-order chi connectivity index (χ0) is 27.1. The van der Waals surface area contributed by atoms with Crippen LogP contribution in [0.5, 0.6) is 5.75 Å². The molecule has 2 unspecified atom stereocenters. The lowest BCUT2D eigenvalue weighted by Gasteiger charge is -2.36. The number of rotatable bonds is 4.